The zero-order valence-electron chi connectivity index (χ0n) is 19.5. The van der Waals surface area contributed by atoms with Crippen LogP contribution in [-0.2, 0) is 11.2 Å². The van der Waals surface area contributed by atoms with Gasteiger partial charge in [0.05, 0.1) is 0 Å². The average molecular weight is 432 g/mol. The number of aryl methyl sites for hydroxylation is 2. The van der Waals surface area contributed by atoms with E-state index in [4.69, 9.17) is 0 Å². The summed E-state index contributed by atoms with van der Waals surface area (Å²) in [4.78, 5) is 32.3. The number of hydrogen-bond acceptors (Lipinski definition) is 2. The number of carbonyl (C=O) groups is 2. The Bertz CT molecular complexity index is 1030. The summed E-state index contributed by atoms with van der Waals surface area (Å²) in [6.45, 7) is 8.11. The monoisotopic (exact) mass is 431 g/mol. The van der Waals surface area contributed by atoms with Crippen molar-refractivity contribution in [3.8, 4) is 0 Å². The minimum absolute atomic E-state index is 0.0720. The first kappa shape index (κ1) is 22.3. The standard InChI is InChI=1S/C27H33N3O2/c1-17(2)28-26(31)21-11-13-23(14-12-21)30-24-15-19(4)7-10-22(24)16-25(30)29-27(32)20-8-5-18(3)6-9-20/h5-10,15,17,21,23H,11-14,16H2,1-4H3,(H,28,31). The largest absolute Gasteiger partial charge is 0.354 e. The molecular formula is C27H33N3O2. The Morgan fingerprint density at radius 1 is 0.969 bits per heavy atom. The van der Waals surface area contributed by atoms with Gasteiger partial charge in [-0.3, -0.25) is 9.59 Å². The van der Waals surface area contributed by atoms with Gasteiger partial charge in [0.1, 0.15) is 5.84 Å². The van der Waals surface area contributed by atoms with Crippen LogP contribution in [0.2, 0.25) is 0 Å². The van der Waals surface area contributed by atoms with Crippen LogP contribution in [0.25, 0.3) is 0 Å². The summed E-state index contributed by atoms with van der Waals surface area (Å²) in [6, 6.07) is 14.5. The molecule has 0 bridgehead atoms. The van der Waals surface area contributed by atoms with Gasteiger partial charge in [-0.25, -0.2) is 0 Å². The molecule has 5 heteroatoms. The molecule has 0 atom stereocenters. The number of benzene rings is 2. The van der Waals surface area contributed by atoms with Crippen LogP contribution in [0.1, 0.15) is 66.6 Å². The van der Waals surface area contributed by atoms with E-state index in [1.807, 2.05) is 45.0 Å². The number of hydrogen-bond donors (Lipinski definition) is 1. The number of carbonyl (C=O) groups excluding carboxylic acids is 2. The topological polar surface area (TPSA) is 61.8 Å². The van der Waals surface area contributed by atoms with Crippen molar-refractivity contribution in [2.45, 2.75) is 71.9 Å². The number of nitrogens with zero attached hydrogens (tertiary/aromatic N) is 2. The second kappa shape index (κ2) is 9.27. The third-order valence-electron chi connectivity index (χ3n) is 6.52. The Labute approximate surface area is 190 Å². The number of amidine groups is 1. The molecule has 0 radical (unpaired) electrons. The highest BCUT2D eigenvalue weighted by molar-refractivity contribution is 6.12. The molecule has 0 spiro atoms. The number of nitrogens with one attached hydrogen (secondary N) is 1. The van der Waals surface area contributed by atoms with E-state index in [0.29, 0.717) is 12.0 Å². The maximum Gasteiger partial charge on any atom is 0.278 e. The number of fused-ring (bicyclic) bond motifs is 1. The highest BCUT2D eigenvalue weighted by Gasteiger charge is 2.36. The van der Waals surface area contributed by atoms with Gasteiger partial charge in [0.2, 0.25) is 5.91 Å². The quantitative estimate of drug-likeness (QED) is 0.742. The van der Waals surface area contributed by atoms with Crippen LogP contribution in [-0.4, -0.2) is 29.7 Å². The molecule has 2 aliphatic rings. The summed E-state index contributed by atoms with van der Waals surface area (Å²) in [5.41, 5.74) is 5.31. The van der Waals surface area contributed by atoms with Crippen molar-refractivity contribution < 1.29 is 9.59 Å². The lowest BCUT2D eigenvalue weighted by Crippen LogP contribution is -2.44. The van der Waals surface area contributed by atoms with Gasteiger partial charge in [-0.05, 0) is 82.7 Å². The molecule has 2 aromatic carbocycles. The molecule has 1 N–H and O–H groups in total. The Morgan fingerprint density at radius 3 is 2.28 bits per heavy atom. The molecule has 1 fully saturated rings. The third kappa shape index (κ3) is 4.77. The molecule has 4 rings (SSSR count). The van der Waals surface area contributed by atoms with Crippen molar-refractivity contribution in [2.75, 3.05) is 4.90 Å². The summed E-state index contributed by atoms with van der Waals surface area (Å²) in [6.07, 6.45) is 4.23. The minimum Gasteiger partial charge on any atom is -0.354 e. The minimum atomic E-state index is -0.195. The number of anilines is 1. The lowest BCUT2D eigenvalue weighted by atomic mass is 9.84. The van der Waals surface area contributed by atoms with Crippen LogP contribution in [0.4, 0.5) is 5.69 Å². The lowest BCUT2D eigenvalue weighted by Gasteiger charge is -2.36. The maximum atomic E-state index is 12.9. The zero-order valence-corrected chi connectivity index (χ0v) is 19.5. The predicted molar refractivity (Wildman–Crippen MR) is 129 cm³/mol. The van der Waals surface area contributed by atoms with Gasteiger partial charge in [0.25, 0.3) is 5.91 Å². The Balaban J connectivity index is 1.57. The van der Waals surface area contributed by atoms with E-state index in [9.17, 15) is 9.59 Å². The van der Waals surface area contributed by atoms with Crippen molar-refractivity contribution in [1.82, 2.24) is 5.32 Å². The van der Waals surface area contributed by atoms with Crippen molar-refractivity contribution in [3.63, 3.8) is 0 Å². The molecule has 0 saturated heterocycles. The first-order valence-corrected chi connectivity index (χ1v) is 11.7. The molecule has 1 aliphatic carbocycles. The SMILES string of the molecule is Cc1ccc(C(=O)N=C2Cc3ccc(C)cc3N2C2CCC(C(=O)NC(C)C)CC2)cc1. The molecule has 32 heavy (non-hydrogen) atoms. The summed E-state index contributed by atoms with van der Waals surface area (Å²) in [5, 5.41) is 3.06. The fraction of sp³-hybridized carbons (Fsp3) is 0.444. The molecule has 2 amide bonds. The highest BCUT2D eigenvalue weighted by Crippen LogP contribution is 2.38. The van der Waals surface area contributed by atoms with Crippen LogP contribution in [0.15, 0.2) is 47.5 Å². The number of rotatable bonds is 4. The van der Waals surface area contributed by atoms with E-state index in [0.717, 1.165) is 42.8 Å². The maximum absolute atomic E-state index is 12.9. The van der Waals surface area contributed by atoms with Crippen LogP contribution in [0.3, 0.4) is 0 Å². The molecule has 1 saturated carbocycles. The van der Waals surface area contributed by atoms with E-state index in [2.05, 4.69) is 40.3 Å². The van der Waals surface area contributed by atoms with Gasteiger partial charge in [-0.1, -0.05) is 29.8 Å². The predicted octanol–water partition coefficient (Wildman–Crippen LogP) is 4.99. The van der Waals surface area contributed by atoms with Gasteiger partial charge in [0.15, 0.2) is 0 Å². The Hall–Kier alpha value is -2.95. The summed E-state index contributed by atoms with van der Waals surface area (Å²) in [7, 11) is 0. The van der Waals surface area contributed by atoms with E-state index in [1.165, 1.54) is 11.1 Å². The molecule has 1 aliphatic heterocycles. The van der Waals surface area contributed by atoms with E-state index in [-0.39, 0.29) is 29.8 Å². The summed E-state index contributed by atoms with van der Waals surface area (Å²) >= 11 is 0. The van der Waals surface area contributed by atoms with Gasteiger partial charge in [0, 0.05) is 35.7 Å². The van der Waals surface area contributed by atoms with Crippen LogP contribution in [0, 0.1) is 19.8 Å². The first-order valence-electron chi connectivity index (χ1n) is 11.7. The fourth-order valence-corrected chi connectivity index (χ4v) is 4.82. The number of amides is 2. The Morgan fingerprint density at radius 2 is 1.62 bits per heavy atom. The van der Waals surface area contributed by atoms with Crippen molar-refractivity contribution in [3.05, 3.63) is 64.7 Å². The normalized spacial score (nSPS) is 21.7. The van der Waals surface area contributed by atoms with Crippen molar-refractivity contribution in [1.29, 1.82) is 0 Å². The highest BCUT2D eigenvalue weighted by atomic mass is 16.2. The second-order valence-electron chi connectivity index (χ2n) is 9.55. The molecule has 0 unspecified atom stereocenters. The molecular weight excluding hydrogens is 398 g/mol. The molecule has 5 nitrogen and oxygen atoms in total. The van der Waals surface area contributed by atoms with Crippen molar-refractivity contribution in [2.24, 2.45) is 10.9 Å². The number of aliphatic imine (C=N–C) groups is 1. The second-order valence-corrected chi connectivity index (χ2v) is 9.55. The molecule has 1 heterocycles. The van der Waals surface area contributed by atoms with Gasteiger partial charge < -0.3 is 10.2 Å². The smallest absolute Gasteiger partial charge is 0.278 e. The Kier molecular flexibility index (Phi) is 6.45. The fourth-order valence-electron chi connectivity index (χ4n) is 4.82. The summed E-state index contributed by atoms with van der Waals surface area (Å²) in [5.74, 6) is 0.869. The third-order valence-corrected chi connectivity index (χ3v) is 6.52. The molecule has 168 valence electrons. The van der Waals surface area contributed by atoms with Gasteiger partial charge in [-0.2, -0.15) is 4.99 Å². The lowest BCUT2D eigenvalue weighted by molar-refractivity contribution is -0.126. The molecule has 2 aromatic rings. The summed E-state index contributed by atoms with van der Waals surface area (Å²) < 4.78 is 0. The molecule has 0 aromatic heterocycles. The van der Waals surface area contributed by atoms with Crippen LogP contribution in [0.5, 0.6) is 0 Å². The van der Waals surface area contributed by atoms with Gasteiger partial charge >= 0.3 is 0 Å². The average Bonchev–Trinajstić information content (AvgIpc) is 3.10. The van der Waals surface area contributed by atoms with Crippen molar-refractivity contribution >= 4 is 23.3 Å². The van der Waals surface area contributed by atoms with Crippen LogP contribution < -0.4 is 10.2 Å². The van der Waals surface area contributed by atoms with E-state index >= 15 is 0 Å². The van der Waals surface area contributed by atoms with Crippen LogP contribution >= 0.6 is 0 Å². The van der Waals surface area contributed by atoms with Gasteiger partial charge in [-0.15, -0.1) is 0 Å². The zero-order chi connectivity index (χ0) is 22.8. The van der Waals surface area contributed by atoms with E-state index in [1.54, 1.807) is 0 Å². The first-order chi connectivity index (χ1) is 15.3. The van der Waals surface area contributed by atoms with E-state index < -0.39 is 0 Å².